The highest BCUT2D eigenvalue weighted by Gasteiger charge is 2.20. The minimum atomic E-state index is -0.304. The van der Waals surface area contributed by atoms with Gasteiger partial charge in [0.2, 0.25) is 5.91 Å². The van der Waals surface area contributed by atoms with Crippen molar-refractivity contribution in [2.75, 3.05) is 25.0 Å². The molecular weight excluding hydrogens is 588 g/mol. The van der Waals surface area contributed by atoms with Crippen LogP contribution in [0.25, 0.3) is 22.4 Å². The van der Waals surface area contributed by atoms with Crippen LogP contribution in [0.5, 0.6) is 0 Å². The fourth-order valence-electron chi connectivity index (χ4n) is 5.56. The Morgan fingerprint density at radius 3 is 2.64 bits per heavy atom. The molecule has 9 nitrogen and oxygen atoms in total. The van der Waals surface area contributed by atoms with Crippen LogP contribution in [0.4, 0.5) is 5.69 Å². The van der Waals surface area contributed by atoms with Crippen molar-refractivity contribution in [3.05, 3.63) is 100.0 Å². The van der Waals surface area contributed by atoms with Gasteiger partial charge in [-0.05, 0) is 71.8 Å². The molecule has 1 aliphatic heterocycles. The number of aliphatic hydroxyl groups is 1. The first-order valence-electron chi connectivity index (χ1n) is 15.3. The van der Waals surface area contributed by atoms with Crippen LogP contribution in [0.15, 0.2) is 67.0 Å². The molecule has 0 saturated carbocycles. The molecule has 0 radical (unpaired) electrons. The van der Waals surface area contributed by atoms with E-state index in [1.807, 2.05) is 37.3 Å². The Bertz CT molecular complexity index is 1660. The van der Waals surface area contributed by atoms with Gasteiger partial charge in [-0.15, -0.1) is 0 Å². The van der Waals surface area contributed by atoms with E-state index in [0.717, 1.165) is 53.7 Å². The van der Waals surface area contributed by atoms with Gasteiger partial charge < -0.3 is 26.4 Å². The second kappa shape index (κ2) is 15.2. The van der Waals surface area contributed by atoms with Gasteiger partial charge in [0.15, 0.2) is 0 Å². The molecule has 2 aromatic carbocycles. The van der Waals surface area contributed by atoms with Crippen molar-refractivity contribution in [1.82, 2.24) is 25.9 Å². The molecule has 45 heavy (non-hydrogen) atoms. The first kappa shape index (κ1) is 32.2. The normalized spacial score (nSPS) is 14.4. The Labute approximate surface area is 268 Å². The van der Waals surface area contributed by atoms with Gasteiger partial charge in [0.05, 0.1) is 17.3 Å². The minimum absolute atomic E-state index is 0.0635. The Morgan fingerprint density at radius 2 is 1.91 bits per heavy atom. The maximum atomic E-state index is 13.0. The van der Waals surface area contributed by atoms with Crippen LogP contribution in [0.3, 0.4) is 0 Å². The molecule has 2 amide bonds. The van der Waals surface area contributed by atoms with Crippen LogP contribution in [0.1, 0.15) is 52.5 Å². The number of nitrogens with one attached hydrogen (secondary N) is 4. The maximum absolute atomic E-state index is 13.0. The lowest BCUT2D eigenvalue weighted by molar-refractivity contribution is -0.119. The molecule has 0 bridgehead atoms. The van der Waals surface area contributed by atoms with E-state index in [1.165, 1.54) is 11.1 Å². The molecule has 5 N–H and O–H groups in total. The third-order valence-corrected chi connectivity index (χ3v) is 8.47. The van der Waals surface area contributed by atoms with Crippen molar-refractivity contribution >= 4 is 29.1 Å². The van der Waals surface area contributed by atoms with Crippen LogP contribution in [0, 0.1) is 6.92 Å². The zero-order chi connectivity index (χ0) is 31.8. The standard InChI is InChI=1S/C35H39ClN6O3/c1-3-24-17-25(8-9-26(24)20-38-21-27-10-12-32(44)41-27)34-33(36)29(13-14-39-34)28-5-4-6-30(22(28)2)42-35(45)31-11-7-23(19-40-31)18-37-15-16-43/h4-9,11,13-14,17,19,27,37-38,43H,3,10,12,15-16,18,20-21H2,1-2H3,(H,41,44)(H,42,45)/t27-/m1/s1. The summed E-state index contributed by atoms with van der Waals surface area (Å²) in [4.78, 5) is 33.5. The van der Waals surface area contributed by atoms with E-state index in [4.69, 9.17) is 16.7 Å². The van der Waals surface area contributed by atoms with Gasteiger partial charge in [-0.25, -0.2) is 0 Å². The van der Waals surface area contributed by atoms with Crippen LogP contribution < -0.4 is 21.3 Å². The predicted molar refractivity (Wildman–Crippen MR) is 178 cm³/mol. The Morgan fingerprint density at radius 1 is 1.04 bits per heavy atom. The number of pyridine rings is 2. The number of hydrogen-bond acceptors (Lipinski definition) is 7. The molecule has 0 spiro atoms. The molecule has 3 heterocycles. The molecule has 10 heteroatoms. The zero-order valence-corrected chi connectivity index (χ0v) is 26.4. The molecule has 5 rings (SSSR count). The van der Waals surface area contributed by atoms with E-state index in [1.54, 1.807) is 18.5 Å². The van der Waals surface area contributed by atoms with Crippen molar-refractivity contribution < 1.29 is 14.7 Å². The van der Waals surface area contributed by atoms with Crippen LogP contribution in [-0.4, -0.2) is 52.6 Å². The van der Waals surface area contributed by atoms with Crippen molar-refractivity contribution in [2.24, 2.45) is 0 Å². The molecule has 2 aromatic heterocycles. The van der Waals surface area contributed by atoms with Gasteiger partial charge in [-0.2, -0.15) is 0 Å². The molecule has 0 unspecified atom stereocenters. The largest absolute Gasteiger partial charge is 0.395 e. The highest BCUT2D eigenvalue weighted by Crippen LogP contribution is 2.38. The maximum Gasteiger partial charge on any atom is 0.274 e. The van der Waals surface area contributed by atoms with Crippen LogP contribution in [-0.2, 0) is 24.3 Å². The minimum Gasteiger partial charge on any atom is -0.395 e. The number of amides is 2. The third kappa shape index (κ3) is 7.93. The summed E-state index contributed by atoms with van der Waals surface area (Å²) in [5.74, 6) is -0.178. The number of hydrogen-bond donors (Lipinski definition) is 5. The summed E-state index contributed by atoms with van der Waals surface area (Å²) < 4.78 is 0. The van der Waals surface area contributed by atoms with Crippen molar-refractivity contribution in [2.45, 2.75) is 52.2 Å². The molecule has 4 aromatic rings. The van der Waals surface area contributed by atoms with E-state index in [0.29, 0.717) is 41.6 Å². The lowest BCUT2D eigenvalue weighted by Crippen LogP contribution is -2.35. The van der Waals surface area contributed by atoms with Gasteiger partial charge in [0.25, 0.3) is 5.91 Å². The number of aromatic nitrogens is 2. The Balaban J connectivity index is 1.32. The van der Waals surface area contributed by atoms with Crippen LogP contribution in [0.2, 0.25) is 5.02 Å². The molecule has 234 valence electrons. The topological polar surface area (TPSA) is 128 Å². The van der Waals surface area contributed by atoms with E-state index in [-0.39, 0.29) is 24.5 Å². The SMILES string of the molecule is CCc1cc(-c2nccc(-c3cccc(NC(=O)c4ccc(CNCCO)cn4)c3C)c2Cl)ccc1CNC[C@H]1CCC(=O)N1. The first-order valence-corrected chi connectivity index (χ1v) is 15.7. The van der Waals surface area contributed by atoms with E-state index in [9.17, 15) is 9.59 Å². The second-order valence-corrected chi connectivity index (χ2v) is 11.6. The monoisotopic (exact) mass is 626 g/mol. The quantitative estimate of drug-likeness (QED) is 0.132. The third-order valence-electron chi connectivity index (χ3n) is 8.09. The van der Waals surface area contributed by atoms with Gasteiger partial charge >= 0.3 is 0 Å². The number of benzene rings is 2. The van der Waals surface area contributed by atoms with Gasteiger partial charge in [-0.3, -0.25) is 19.6 Å². The first-order chi connectivity index (χ1) is 21.9. The number of rotatable bonds is 13. The predicted octanol–water partition coefficient (Wildman–Crippen LogP) is 5.04. The zero-order valence-electron chi connectivity index (χ0n) is 25.6. The summed E-state index contributed by atoms with van der Waals surface area (Å²) in [7, 11) is 0. The fourth-order valence-corrected chi connectivity index (χ4v) is 5.89. The number of anilines is 1. The summed E-state index contributed by atoms with van der Waals surface area (Å²) in [5.41, 5.74) is 8.57. The summed E-state index contributed by atoms with van der Waals surface area (Å²) in [6.45, 7) is 6.68. The summed E-state index contributed by atoms with van der Waals surface area (Å²) in [6, 6.07) is 17.7. The van der Waals surface area contributed by atoms with Gasteiger partial charge in [0, 0.05) is 67.8 Å². The average Bonchev–Trinajstić information content (AvgIpc) is 3.47. The van der Waals surface area contributed by atoms with Crippen molar-refractivity contribution in [3.8, 4) is 22.4 Å². The molecule has 0 aliphatic carbocycles. The number of carbonyl (C=O) groups excluding carboxylic acids is 2. The number of carbonyl (C=O) groups is 2. The summed E-state index contributed by atoms with van der Waals surface area (Å²) in [6.07, 6.45) is 5.76. The van der Waals surface area contributed by atoms with E-state index in [2.05, 4.69) is 56.4 Å². The van der Waals surface area contributed by atoms with Gasteiger partial charge in [0.1, 0.15) is 5.69 Å². The lowest BCUT2D eigenvalue weighted by Gasteiger charge is -2.16. The summed E-state index contributed by atoms with van der Waals surface area (Å²) >= 11 is 7.04. The Kier molecular flexibility index (Phi) is 10.9. The molecular formula is C35H39ClN6O3. The Hall–Kier alpha value is -4.15. The smallest absolute Gasteiger partial charge is 0.274 e. The highest BCUT2D eigenvalue weighted by molar-refractivity contribution is 6.35. The molecule has 1 atom stereocenters. The van der Waals surface area contributed by atoms with Gasteiger partial charge in [-0.1, -0.05) is 48.9 Å². The number of aliphatic hydroxyl groups excluding tert-OH is 1. The van der Waals surface area contributed by atoms with Crippen molar-refractivity contribution in [1.29, 1.82) is 0 Å². The van der Waals surface area contributed by atoms with E-state index >= 15 is 0 Å². The second-order valence-electron chi connectivity index (χ2n) is 11.2. The highest BCUT2D eigenvalue weighted by atomic mass is 35.5. The number of aryl methyl sites for hydroxylation is 1. The van der Waals surface area contributed by atoms with E-state index < -0.39 is 0 Å². The molecule has 1 fully saturated rings. The average molecular weight is 627 g/mol. The number of nitrogens with zero attached hydrogens (tertiary/aromatic N) is 2. The lowest BCUT2D eigenvalue weighted by atomic mass is 9.96. The van der Waals surface area contributed by atoms with Crippen molar-refractivity contribution in [3.63, 3.8) is 0 Å². The number of halogens is 1. The molecule has 1 saturated heterocycles. The fraction of sp³-hybridized carbons (Fsp3) is 0.314. The van der Waals surface area contributed by atoms with Crippen LogP contribution >= 0.6 is 11.6 Å². The molecule has 1 aliphatic rings. The summed E-state index contributed by atoms with van der Waals surface area (Å²) in [5, 5.41) is 22.1.